The molecule has 0 aliphatic rings. The highest BCUT2D eigenvalue weighted by atomic mass is 16.4. The number of carbonyl (C=O) groups excluding carboxylic acids is 1. The van der Waals surface area contributed by atoms with E-state index in [-0.39, 0.29) is 6.42 Å². The minimum absolute atomic E-state index is 0.0631. The summed E-state index contributed by atoms with van der Waals surface area (Å²) < 4.78 is 1.65. The van der Waals surface area contributed by atoms with Gasteiger partial charge >= 0.3 is 5.97 Å². The highest BCUT2D eigenvalue weighted by molar-refractivity contribution is 5.96. The lowest BCUT2D eigenvalue weighted by Gasteiger charge is -2.12. The summed E-state index contributed by atoms with van der Waals surface area (Å²) in [6.45, 7) is 0. The highest BCUT2D eigenvalue weighted by Gasteiger charge is 2.19. The SMILES string of the molecule is C#CCC(NC(=O)c1ccc(-n2cccn2)cc1)C(=O)O. The first-order chi connectivity index (χ1) is 10.1. The van der Waals surface area contributed by atoms with Gasteiger partial charge in [-0.1, -0.05) is 0 Å². The number of aromatic nitrogens is 2. The topological polar surface area (TPSA) is 84.2 Å². The molecule has 1 heterocycles. The lowest BCUT2D eigenvalue weighted by Crippen LogP contribution is -2.40. The molecule has 106 valence electrons. The van der Waals surface area contributed by atoms with E-state index in [1.54, 1.807) is 47.4 Å². The van der Waals surface area contributed by atoms with Crippen LogP contribution in [0.4, 0.5) is 0 Å². The van der Waals surface area contributed by atoms with Gasteiger partial charge in [0, 0.05) is 24.4 Å². The normalized spacial score (nSPS) is 11.4. The maximum Gasteiger partial charge on any atom is 0.327 e. The zero-order valence-corrected chi connectivity index (χ0v) is 11.1. The average Bonchev–Trinajstić information content (AvgIpc) is 3.01. The molecule has 1 unspecified atom stereocenters. The van der Waals surface area contributed by atoms with Crippen molar-refractivity contribution in [3.05, 3.63) is 48.3 Å². The Labute approximate surface area is 121 Å². The molecule has 2 rings (SSSR count). The largest absolute Gasteiger partial charge is 0.480 e. The Hall–Kier alpha value is -3.07. The van der Waals surface area contributed by atoms with Gasteiger partial charge in [0.05, 0.1) is 5.69 Å². The zero-order chi connectivity index (χ0) is 15.2. The third-order valence-corrected chi connectivity index (χ3v) is 2.82. The summed E-state index contributed by atoms with van der Waals surface area (Å²) in [5.41, 5.74) is 1.16. The minimum Gasteiger partial charge on any atom is -0.480 e. The molecule has 0 saturated heterocycles. The van der Waals surface area contributed by atoms with Crippen LogP contribution in [0, 0.1) is 12.3 Å². The van der Waals surface area contributed by atoms with Crippen LogP contribution in [0.5, 0.6) is 0 Å². The number of hydrogen-bond acceptors (Lipinski definition) is 3. The molecule has 1 aromatic carbocycles. The molecule has 6 heteroatoms. The van der Waals surface area contributed by atoms with Crippen LogP contribution in [0.25, 0.3) is 5.69 Å². The summed E-state index contributed by atoms with van der Waals surface area (Å²) in [6.07, 6.45) is 8.45. The second kappa shape index (κ2) is 6.39. The van der Waals surface area contributed by atoms with E-state index in [9.17, 15) is 9.59 Å². The van der Waals surface area contributed by atoms with Crippen LogP contribution in [0.1, 0.15) is 16.8 Å². The number of hydrogen-bond donors (Lipinski definition) is 2. The summed E-state index contributed by atoms with van der Waals surface area (Å²) >= 11 is 0. The summed E-state index contributed by atoms with van der Waals surface area (Å²) in [6, 6.07) is 7.34. The number of nitrogens with one attached hydrogen (secondary N) is 1. The lowest BCUT2D eigenvalue weighted by molar-refractivity contribution is -0.139. The van der Waals surface area contributed by atoms with Gasteiger partial charge in [-0.15, -0.1) is 12.3 Å². The van der Waals surface area contributed by atoms with Crippen molar-refractivity contribution < 1.29 is 14.7 Å². The number of benzene rings is 1. The fourth-order valence-electron chi connectivity index (χ4n) is 1.75. The number of rotatable bonds is 5. The van der Waals surface area contributed by atoms with E-state index in [1.165, 1.54) is 0 Å². The number of amides is 1. The van der Waals surface area contributed by atoms with Crippen LogP contribution in [-0.4, -0.2) is 32.8 Å². The molecule has 2 N–H and O–H groups in total. The molecular formula is C15H13N3O3. The predicted molar refractivity (Wildman–Crippen MR) is 75.9 cm³/mol. The first-order valence-corrected chi connectivity index (χ1v) is 6.19. The third-order valence-electron chi connectivity index (χ3n) is 2.82. The fourth-order valence-corrected chi connectivity index (χ4v) is 1.75. The monoisotopic (exact) mass is 283 g/mol. The predicted octanol–water partition coefficient (Wildman–Crippen LogP) is 1.08. The molecule has 0 aliphatic heterocycles. The number of carboxylic acids is 1. The Morgan fingerprint density at radius 2 is 2.10 bits per heavy atom. The lowest BCUT2D eigenvalue weighted by atomic mass is 10.1. The van der Waals surface area contributed by atoms with Gasteiger partial charge in [-0.3, -0.25) is 4.79 Å². The van der Waals surface area contributed by atoms with Gasteiger partial charge in [-0.05, 0) is 30.3 Å². The van der Waals surface area contributed by atoms with Crippen molar-refractivity contribution in [2.24, 2.45) is 0 Å². The number of aliphatic carboxylic acids is 1. The van der Waals surface area contributed by atoms with Crippen molar-refractivity contribution in [3.63, 3.8) is 0 Å². The maximum atomic E-state index is 12.0. The molecular weight excluding hydrogens is 270 g/mol. The van der Waals surface area contributed by atoms with Crippen LogP contribution in [-0.2, 0) is 4.79 Å². The molecule has 1 atom stereocenters. The second-order valence-corrected chi connectivity index (χ2v) is 4.27. The molecule has 21 heavy (non-hydrogen) atoms. The molecule has 0 aliphatic carbocycles. The quantitative estimate of drug-likeness (QED) is 0.804. The third kappa shape index (κ3) is 3.48. The molecule has 0 bridgehead atoms. The van der Waals surface area contributed by atoms with Crippen LogP contribution < -0.4 is 5.32 Å². The molecule has 0 radical (unpaired) electrons. The van der Waals surface area contributed by atoms with E-state index in [2.05, 4.69) is 16.3 Å². The Bertz CT molecular complexity index is 669. The van der Waals surface area contributed by atoms with Crippen LogP contribution in [0.2, 0.25) is 0 Å². The molecule has 2 aromatic rings. The Balaban J connectivity index is 2.10. The average molecular weight is 283 g/mol. The van der Waals surface area contributed by atoms with Crippen molar-refractivity contribution >= 4 is 11.9 Å². The van der Waals surface area contributed by atoms with Gasteiger partial charge < -0.3 is 10.4 Å². The summed E-state index contributed by atoms with van der Waals surface area (Å²) in [5.74, 6) is 0.587. The van der Waals surface area contributed by atoms with Crippen LogP contribution >= 0.6 is 0 Å². The summed E-state index contributed by atoms with van der Waals surface area (Å²) in [7, 11) is 0. The fraction of sp³-hybridized carbons (Fsp3) is 0.133. The van der Waals surface area contributed by atoms with Gasteiger partial charge in [0.2, 0.25) is 0 Å². The standard InChI is InChI=1S/C15H13N3O3/c1-2-4-13(15(20)21)17-14(19)11-5-7-12(8-6-11)18-10-3-9-16-18/h1,3,5-10,13H,4H2,(H,17,19)(H,20,21). The van der Waals surface area contributed by atoms with Crippen molar-refractivity contribution in [1.29, 1.82) is 0 Å². The van der Waals surface area contributed by atoms with E-state index in [0.717, 1.165) is 5.69 Å². The Morgan fingerprint density at radius 3 is 2.62 bits per heavy atom. The van der Waals surface area contributed by atoms with E-state index in [0.29, 0.717) is 5.56 Å². The summed E-state index contributed by atoms with van der Waals surface area (Å²) in [5, 5.41) is 15.4. The van der Waals surface area contributed by atoms with Gasteiger partial charge in [-0.25, -0.2) is 9.48 Å². The maximum absolute atomic E-state index is 12.0. The van der Waals surface area contributed by atoms with E-state index in [1.807, 2.05) is 0 Å². The first kappa shape index (κ1) is 14.3. The van der Waals surface area contributed by atoms with Crippen molar-refractivity contribution in [1.82, 2.24) is 15.1 Å². The van der Waals surface area contributed by atoms with Gasteiger partial charge in [0.1, 0.15) is 6.04 Å². The highest BCUT2D eigenvalue weighted by Crippen LogP contribution is 2.09. The molecule has 6 nitrogen and oxygen atoms in total. The van der Waals surface area contributed by atoms with Crippen LogP contribution in [0.15, 0.2) is 42.7 Å². The number of carboxylic acid groups (broad SMARTS) is 1. The number of nitrogens with zero attached hydrogens (tertiary/aromatic N) is 2. The van der Waals surface area contributed by atoms with Gasteiger partial charge in [0.15, 0.2) is 0 Å². The number of carbonyl (C=O) groups is 2. The van der Waals surface area contributed by atoms with Gasteiger partial charge in [-0.2, -0.15) is 5.10 Å². The van der Waals surface area contributed by atoms with E-state index < -0.39 is 17.9 Å². The minimum atomic E-state index is -1.16. The summed E-state index contributed by atoms with van der Waals surface area (Å²) in [4.78, 5) is 22.9. The van der Waals surface area contributed by atoms with E-state index >= 15 is 0 Å². The van der Waals surface area contributed by atoms with E-state index in [4.69, 9.17) is 11.5 Å². The Kier molecular flexibility index (Phi) is 4.36. The second-order valence-electron chi connectivity index (χ2n) is 4.27. The number of terminal acetylenes is 1. The van der Waals surface area contributed by atoms with Crippen molar-refractivity contribution in [2.45, 2.75) is 12.5 Å². The van der Waals surface area contributed by atoms with Crippen molar-refractivity contribution in [3.8, 4) is 18.0 Å². The molecule has 1 aromatic heterocycles. The molecule has 1 amide bonds. The van der Waals surface area contributed by atoms with Crippen LogP contribution in [0.3, 0.4) is 0 Å². The zero-order valence-electron chi connectivity index (χ0n) is 11.1. The smallest absolute Gasteiger partial charge is 0.327 e. The Morgan fingerprint density at radius 1 is 1.38 bits per heavy atom. The first-order valence-electron chi connectivity index (χ1n) is 6.19. The van der Waals surface area contributed by atoms with Crippen molar-refractivity contribution in [2.75, 3.05) is 0 Å². The molecule has 0 spiro atoms. The van der Waals surface area contributed by atoms with Gasteiger partial charge in [0.25, 0.3) is 5.91 Å². The molecule has 0 saturated carbocycles. The molecule has 0 fully saturated rings.